The van der Waals surface area contributed by atoms with Crippen molar-refractivity contribution in [3.05, 3.63) is 59.3 Å². The zero-order valence-corrected chi connectivity index (χ0v) is 18.8. The van der Waals surface area contributed by atoms with Gasteiger partial charge in [0.05, 0.1) is 6.10 Å². The first-order valence-electron chi connectivity index (χ1n) is 11.4. The molecule has 3 saturated carbocycles. The molecule has 0 saturated heterocycles. The minimum Gasteiger partial charge on any atom is -0.393 e. The number of rotatable bonds is 4. The Hall–Kier alpha value is -1.41. The zero-order chi connectivity index (χ0) is 21.2. The third-order valence-corrected chi connectivity index (χ3v) is 7.74. The molecule has 0 radical (unpaired) electrons. The Morgan fingerprint density at radius 1 is 1.28 bits per heavy atom. The Morgan fingerprint density at radius 2 is 2.03 bits per heavy atom. The van der Waals surface area contributed by atoms with E-state index in [1.165, 1.54) is 36.8 Å². The van der Waals surface area contributed by atoms with Gasteiger partial charge in [-0.2, -0.15) is 0 Å². The Balaban J connectivity index is 1.78. The average Bonchev–Trinajstić information content (AvgIpc) is 3.00. The van der Waals surface area contributed by atoms with Crippen LogP contribution in [-0.4, -0.2) is 17.4 Å². The van der Waals surface area contributed by atoms with Crippen LogP contribution in [0.15, 0.2) is 59.3 Å². The van der Waals surface area contributed by atoms with Gasteiger partial charge in [-0.3, -0.25) is 0 Å². The smallest absolute Gasteiger partial charge is 0.127 e. The van der Waals surface area contributed by atoms with Gasteiger partial charge >= 0.3 is 0 Å². The summed E-state index contributed by atoms with van der Waals surface area (Å²) in [5.41, 5.74) is 4.67. The first-order valence-corrected chi connectivity index (χ1v) is 11.4. The number of alkyl halides is 1. The largest absolute Gasteiger partial charge is 0.393 e. The van der Waals surface area contributed by atoms with E-state index in [0.717, 1.165) is 12.0 Å². The molecular formula is C27H39FO. The highest BCUT2D eigenvalue weighted by atomic mass is 19.1. The second kappa shape index (κ2) is 9.16. The van der Waals surface area contributed by atoms with Crippen LogP contribution >= 0.6 is 0 Å². The summed E-state index contributed by atoms with van der Waals surface area (Å²) in [7, 11) is 0. The van der Waals surface area contributed by atoms with Crippen LogP contribution in [0.5, 0.6) is 0 Å². The average molecular weight is 399 g/mol. The number of hydrogen-bond acceptors (Lipinski definition) is 1. The Labute approximate surface area is 177 Å². The Kier molecular flexibility index (Phi) is 7.04. The van der Waals surface area contributed by atoms with Crippen molar-refractivity contribution in [3.8, 4) is 0 Å². The summed E-state index contributed by atoms with van der Waals surface area (Å²) in [5.74, 6) is 1.92. The lowest BCUT2D eigenvalue weighted by atomic mass is 9.61. The van der Waals surface area contributed by atoms with Gasteiger partial charge < -0.3 is 5.11 Å². The lowest BCUT2D eigenvalue weighted by Crippen LogP contribution is -2.35. The highest BCUT2D eigenvalue weighted by molar-refractivity contribution is 5.38. The lowest BCUT2D eigenvalue weighted by molar-refractivity contribution is 0.112. The molecule has 1 N–H and O–H groups in total. The van der Waals surface area contributed by atoms with E-state index in [-0.39, 0.29) is 6.42 Å². The second-order valence-electron chi connectivity index (χ2n) is 10.1. The number of halogens is 1. The molecule has 160 valence electrons. The maximum absolute atomic E-state index is 14.1. The molecule has 3 aliphatic carbocycles. The molecule has 0 bridgehead atoms. The van der Waals surface area contributed by atoms with Gasteiger partial charge in [-0.05, 0) is 86.7 Å². The number of fused-ring (bicyclic) bond motifs is 1. The number of aliphatic hydroxyl groups is 1. The van der Waals surface area contributed by atoms with Crippen LogP contribution in [-0.2, 0) is 0 Å². The third kappa shape index (κ3) is 4.85. The highest BCUT2D eigenvalue weighted by Crippen LogP contribution is 2.59. The van der Waals surface area contributed by atoms with Gasteiger partial charge in [-0.15, -0.1) is 0 Å². The van der Waals surface area contributed by atoms with E-state index < -0.39 is 12.3 Å². The summed E-state index contributed by atoms with van der Waals surface area (Å²) < 4.78 is 14.1. The molecule has 0 aromatic heterocycles. The lowest BCUT2D eigenvalue weighted by Gasteiger charge is -2.44. The molecule has 3 fully saturated rings. The molecule has 0 aromatic carbocycles. The van der Waals surface area contributed by atoms with Gasteiger partial charge in [-0.25, -0.2) is 4.39 Å². The number of allylic oxidation sites excluding steroid dienone is 8. The van der Waals surface area contributed by atoms with E-state index in [0.29, 0.717) is 35.2 Å². The summed E-state index contributed by atoms with van der Waals surface area (Å²) in [6.07, 6.45) is 16.4. The van der Waals surface area contributed by atoms with Crippen LogP contribution in [0.3, 0.4) is 0 Å². The molecule has 0 aliphatic heterocycles. The molecule has 3 rings (SSSR count). The molecule has 0 amide bonds. The third-order valence-electron chi connectivity index (χ3n) is 7.74. The van der Waals surface area contributed by atoms with E-state index in [4.69, 9.17) is 0 Å². The molecule has 0 heterocycles. The molecule has 2 heteroatoms. The normalized spacial score (nSPS) is 39.2. The van der Waals surface area contributed by atoms with E-state index >= 15 is 0 Å². The van der Waals surface area contributed by atoms with E-state index in [9.17, 15) is 9.50 Å². The molecule has 0 spiro atoms. The van der Waals surface area contributed by atoms with Gasteiger partial charge in [0.1, 0.15) is 6.17 Å². The second-order valence-corrected chi connectivity index (χ2v) is 10.1. The molecule has 3 aliphatic rings. The van der Waals surface area contributed by atoms with E-state index in [2.05, 4.69) is 64.7 Å². The quantitative estimate of drug-likeness (QED) is 0.494. The van der Waals surface area contributed by atoms with Crippen molar-refractivity contribution < 1.29 is 9.50 Å². The summed E-state index contributed by atoms with van der Waals surface area (Å²) in [5, 5.41) is 9.94. The Bertz CT molecular complexity index is 736. The maximum atomic E-state index is 14.1. The van der Waals surface area contributed by atoms with Crippen LogP contribution in [0.25, 0.3) is 0 Å². The van der Waals surface area contributed by atoms with Gasteiger partial charge in [0.15, 0.2) is 0 Å². The predicted octanol–water partition coefficient (Wildman–Crippen LogP) is 7.26. The highest BCUT2D eigenvalue weighted by Gasteiger charge is 2.50. The number of aliphatic hydroxyl groups excluding tert-OH is 1. The van der Waals surface area contributed by atoms with Crippen molar-refractivity contribution in [2.24, 2.45) is 23.2 Å². The first kappa shape index (κ1) is 22.3. The summed E-state index contributed by atoms with van der Waals surface area (Å²) in [6, 6.07) is 0. The van der Waals surface area contributed by atoms with Crippen molar-refractivity contribution in [1.82, 2.24) is 0 Å². The fourth-order valence-electron chi connectivity index (χ4n) is 6.13. The van der Waals surface area contributed by atoms with Crippen molar-refractivity contribution >= 4 is 0 Å². The van der Waals surface area contributed by atoms with E-state index in [1.807, 2.05) is 0 Å². The molecule has 1 nitrogen and oxygen atoms in total. The first-order chi connectivity index (χ1) is 13.7. The van der Waals surface area contributed by atoms with Gasteiger partial charge in [0.25, 0.3) is 0 Å². The standard InChI is InChI=1S/C27H39FO/c1-18(2)8-6-9-19(3)24-13-14-25-21(10-7-15-27(24,25)5)11-12-22-16-23(29)17-26(28)20(22)4/h6,8-9,11-12,19,23-26,29H,4,7,10,13-17H2,1-3,5H3/b9-6+,21-11+,22-12-/t19-,23-,24-,25+,26+,27-/m1/s1. The van der Waals surface area contributed by atoms with Crippen LogP contribution in [0.1, 0.15) is 72.6 Å². The van der Waals surface area contributed by atoms with Crippen LogP contribution in [0.2, 0.25) is 0 Å². The minimum absolute atomic E-state index is 0.188. The summed E-state index contributed by atoms with van der Waals surface area (Å²) in [6.45, 7) is 13.1. The topological polar surface area (TPSA) is 20.2 Å². The van der Waals surface area contributed by atoms with Crippen molar-refractivity contribution in [2.45, 2.75) is 84.9 Å². The molecule has 0 aromatic rings. The van der Waals surface area contributed by atoms with E-state index in [1.54, 1.807) is 0 Å². The van der Waals surface area contributed by atoms with Gasteiger partial charge in [0, 0.05) is 6.42 Å². The van der Waals surface area contributed by atoms with Gasteiger partial charge in [-0.1, -0.05) is 62.0 Å². The summed E-state index contributed by atoms with van der Waals surface area (Å²) >= 11 is 0. The fourth-order valence-corrected chi connectivity index (χ4v) is 6.13. The SMILES string of the molecule is C=C1/C(=C\C=C2/CCC[C@]3(C)[C@@H]([C@H](C)/C=C/C=C(C)C)CC[C@@H]23)C[C@@H](O)C[C@@H]1F. The molecule has 6 atom stereocenters. The fraction of sp³-hybridized carbons (Fsp3) is 0.630. The van der Waals surface area contributed by atoms with Crippen molar-refractivity contribution in [1.29, 1.82) is 0 Å². The van der Waals surface area contributed by atoms with Crippen molar-refractivity contribution in [2.75, 3.05) is 0 Å². The monoisotopic (exact) mass is 398 g/mol. The molecule has 0 unspecified atom stereocenters. The maximum Gasteiger partial charge on any atom is 0.127 e. The molecular weight excluding hydrogens is 359 g/mol. The van der Waals surface area contributed by atoms with Crippen LogP contribution in [0.4, 0.5) is 4.39 Å². The zero-order valence-electron chi connectivity index (χ0n) is 18.8. The Morgan fingerprint density at radius 3 is 2.76 bits per heavy atom. The predicted molar refractivity (Wildman–Crippen MR) is 121 cm³/mol. The van der Waals surface area contributed by atoms with Gasteiger partial charge in [0.2, 0.25) is 0 Å². The van der Waals surface area contributed by atoms with Crippen LogP contribution < -0.4 is 0 Å². The number of hydrogen-bond donors (Lipinski definition) is 1. The molecule has 29 heavy (non-hydrogen) atoms. The summed E-state index contributed by atoms with van der Waals surface area (Å²) in [4.78, 5) is 0. The van der Waals surface area contributed by atoms with Crippen LogP contribution in [0, 0.1) is 23.2 Å². The van der Waals surface area contributed by atoms with Crippen molar-refractivity contribution in [3.63, 3.8) is 0 Å². The minimum atomic E-state index is -1.11.